The zero-order chi connectivity index (χ0) is 22.8. The monoisotopic (exact) mass is 436 g/mol. The summed E-state index contributed by atoms with van der Waals surface area (Å²) in [5.41, 5.74) is 7.30. The van der Waals surface area contributed by atoms with E-state index >= 15 is 0 Å². The number of nitrogens with two attached hydrogens (primary N) is 1. The molecule has 3 rings (SSSR count). The van der Waals surface area contributed by atoms with E-state index in [1.807, 2.05) is 53.4 Å². The van der Waals surface area contributed by atoms with Crippen molar-refractivity contribution in [3.63, 3.8) is 0 Å². The quantitative estimate of drug-likeness (QED) is 0.618. The third-order valence-corrected chi connectivity index (χ3v) is 5.73. The van der Waals surface area contributed by atoms with Gasteiger partial charge in [-0.25, -0.2) is 0 Å². The Kier molecular flexibility index (Phi) is 8.80. The van der Waals surface area contributed by atoms with Crippen molar-refractivity contribution in [3.05, 3.63) is 66.2 Å². The van der Waals surface area contributed by atoms with Crippen LogP contribution < -0.4 is 10.6 Å². The minimum Gasteiger partial charge on any atom is -0.370 e. The molecular weight excluding hydrogens is 404 g/mol. The molecular formula is C25H32N4O3. The minimum absolute atomic E-state index is 0.0694. The van der Waals surface area contributed by atoms with Gasteiger partial charge in [-0.3, -0.25) is 19.3 Å². The van der Waals surface area contributed by atoms with Gasteiger partial charge in [0.05, 0.1) is 6.54 Å². The van der Waals surface area contributed by atoms with Crippen molar-refractivity contribution in [2.45, 2.75) is 25.7 Å². The molecule has 7 heteroatoms. The van der Waals surface area contributed by atoms with Crippen LogP contribution in [0.5, 0.6) is 0 Å². The van der Waals surface area contributed by atoms with Crippen LogP contribution in [0.2, 0.25) is 0 Å². The Bertz CT molecular complexity index is 881. The molecule has 0 radical (unpaired) electrons. The molecule has 1 saturated heterocycles. The number of hydrogen-bond acceptors (Lipinski definition) is 4. The molecule has 0 saturated carbocycles. The lowest BCUT2D eigenvalue weighted by Gasteiger charge is -2.35. The van der Waals surface area contributed by atoms with Crippen LogP contribution in [0.25, 0.3) is 0 Å². The van der Waals surface area contributed by atoms with Crippen LogP contribution in [0.4, 0.5) is 5.69 Å². The van der Waals surface area contributed by atoms with Crippen LogP contribution in [-0.2, 0) is 20.8 Å². The number of para-hydroxylation sites is 1. The van der Waals surface area contributed by atoms with Crippen LogP contribution >= 0.6 is 0 Å². The predicted molar refractivity (Wildman–Crippen MR) is 125 cm³/mol. The maximum absolute atomic E-state index is 13.0. The van der Waals surface area contributed by atoms with Gasteiger partial charge in [0.1, 0.15) is 0 Å². The summed E-state index contributed by atoms with van der Waals surface area (Å²) in [7, 11) is 0. The average Bonchev–Trinajstić information content (AvgIpc) is 2.81. The van der Waals surface area contributed by atoms with E-state index in [-0.39, 0.29) is 31.3 Å². The molecule has 2 N–H and O–H groups in total. The standard InChI is InChI=1S/C25H32N4O3/c26-23(30)14-15-29(22-11-5-2-6-12-22)25(32)20-27-16-18-28(19-17-27)24(31)13-7-10-21-8-3-1-4-9-21/h1-6,8-9,11-12H,7,10,13-20H2,(H2,26,30). The summed E-state index contributed by atoms with van der Waals surface area (Å²) in [6.07, 6.45) is 2.41. The maximum atomic E-state index is 13.0. The van der Waals surface area contributed by atoms with Crippen molar-refractivity contribution < 1.29 is 14.4 Å². The van der Waals surface area contributed by atoms with Gasteiger partial charge in [-0.2, -0.15) is 0 Å². The van der Waals surface area contributed by atoms with Crippen molar-refractivity contribution >= 4 is 23.4 Å². The Hall–Kier alpha value is -3.19. The van der Waals surface area contributed by atoms with E-state index < -0.39 is 5.91 Å². The van der Waals surface area contributed by atoms with Gasteiger partial charge in [-0.1, -0.05) is 48.5 Å². The van der Waals surface area contributed by atoms with Crippen molar-refractivity contribution in [1.82, 2.24) is 9.80 Å². The van der Waals surface area contributed by atoms with Crippen LogP contribution in [0.1, 0.15) is 24.8 Å². The predicted octanol–water partition coefficient (Wildman–Crippen LogP) is 2.06. The molecule has 0 spiro atoms. The second-order valence-electron chi connectivity index (χ2n) is 8.09. The fourth-order valence-corrected chi connectivity index (χ4v) is 3.91. The molecule has 1 fully saturated rings. The summed E-state index contributed by atoms with van der Waals surface area (Å²) in [5.74, 6) is -0.322. The fourth-order valence-electron chi connectivity index (χ4n) is 3.91. The van der Waals surface area contributed by atoms with Gasteiger partial charge in [0.25, 0.3) is 0 Å². The third kappa shape index (κ3) is 7.20. The lowest BCUT2D eigenvalue weighted by atomic mass is 10.1. The molecule has 7 nitrogen and oxygen atoms in total. The molecule has 0 atom stereocenters. The first-order valence-corrected chi connectivity index (χ1v) is 11.2. The molecule has 0 unspecified atom stereocenters. The van der Waals surface area contributed by atoms with E-state index in [1.165, 1.54) is 5.56 Å². The normalized spacial score (nSPS) is 14.2. The SMILES string of the molecule is NC(=O)CCN(C(=O)CN1CCN(C(=O)CCCc2ccccc2)CC1)c1ccccc1. The Morgan fingerprint density at radius 1 is 0.844 bits per heavy atom. The largest absolute Gasteiger partial charge is 0.370 e. The summed E-state index contributed by atoms with van der Waals surface area (Å²) in [6, 6.07) is 19.5. The Balaban J connectivity index is 1.44. The lowest BCUT2D eigenvalue weighted by Crippen LogP contribution is -2.51. The number of rotatable bonds is 10. The van der Waals surface area contributed by atoms with E-state index in [0.29, 0.717) is 32.6 Å². The van der Waals surface area contributed by atoms with Crippen molar-refractivity contribution in [3.8, 4) is 0 Å². The number of nitrogens with zero attached hydrogens (tertiary/aromatic N) is 3. The molecule has 0 bridgehead atoms. The highest BCUT2D eigenvalue weighted by Gasteiger charge is 2.24. The molecule has 1 aliphatic rings. The zero-order valence-corrected chi connectivity index (χ0v) is 18.5. The summed E-state index contributed by atoms with van der Waals surface area (Å²) in [5, 5.41) is 0. The number of hydrogen-bond donors (Lipinski definition) is 1. The first-order valence-electron chi connectivity index (χ1n) is 11.2. The van der Waals surface area contributed by atoms with Gasteiger partial charge in [0, 0.05) is 51.3 Å². The Labute approximate surface area is 189 Å². The lowest BCUT2D eigenvalue weighted by molar-refractivity contribution is -0.133. The first kappa shape index (κ1) is 23.5. The van der Waals surface area contributed by atoms with E-state index in [2.05, 4.69) is 17.0 Å². The summed E-state index contributed by atoms with van der Waals surface area (Å²) in [4.78, 5) is 42.3. The smallest absolute Gasteiger partial charge is 0.241 e. The summed E-state index contributed by atoms with van der Waals surface area (Å²) >= 11 is 0. The first-order chi connectivity index (χ1) is 15.5. The number of amides is 3. The van der Waals surface area contributed by atoms with Crippen molar-refractivity contribution in [2.24, 2.45) is 5.73 Å². The van der Waals surface area contributed by atoms with Crippen LogP contribution in [0.15, 0.2) is 60.7 Å². The Morgan fingerprint density at radius 3 is 2.09 bits per heavy atom. The van der Waals surface area contributed by atoms with Gasteiger partial charge >= 0.3 is 0 Å². The molecule has 170 valence electrons. The molecule has 3 amide bonds. The van der Waals surface area contributed by atoms with Gasteiger partial charge < -0.3 is 15.5 Å². The van der Waals surface area contributed by atoms with Crippen LogP contribution in [0, 0.1) is 0 Å². The average molecular weight is 437 g/mol. The summed E-state index contributed by atoms with van der Waals surface area (Å²) < 4.78 is 0. The molecule has 2 aromatic rings. The van der Waals surface area contributed by atoms with Gasteiger partial charge in [-0.05, 0) is 30.5 Å². The number of aryl methyl sites for hydroxylation is 1. The molecule has 2 aromatic carbocycles. The number of piperazine rings is 1. The zero-order valence-electron chi connectivity index (χ0n) is 18.5. The molecule has 0 aromatic heterocycles. The van der Waals surface area contributed by atoms with Crippen LogP contribution in [-0.4, -0.2) is 66.8 Å². The van der Waals surface area contributed by atoms with E-state index in [9.17, 15) is 14.4 Å². The molecule has 1 heterocycles. The highest BCUT2D eigenvalue weighted by molar-refractivity contribution is 5.95. The number of carbonyl (C=O) groups excluding carboxylic acids is 3. The van der Waals surface area contributed by atoms with E-state index in [0.717, 1.165) is 18.5 Å². The second kappa shape index (κ2) is 12.0. The third-order valence-electron chi connectivity index (χ3n) is 5.73. The second-order valence-corrected chi connectivity index (χ2v) is 8.09. The number of anilines is 1. The molecule has 32 heavy (non-hydrogen) atoms. The van der Waals surface area contributed by atoms with Gasteiger partial charge in [0.2, 0.25) is 17.7 Å². The number of carbonyl (C=O) groups is 3. The van der Waals surface area contributed by atoms with Gasteiger partial charge in [-0.15, -0.1) is 0 Å². The van der Waals surface area contributed by atoms with Gasteiger partial charge in [0.15, 0.2) is 0 Å². The topological polar surface area (TPSA) is 86.9 Å². The van der Waals surface area contributed by atoms with E-state index in [4.69, 9.17) is 5.73 Å². The number of primary amides is 1. The van der Waals surface area contributed by atoms with Crippen molar-refractivity contribution in [2.75, 3.05) is 44.2 Å². The highest BCUT2D eigenvalue weighted by atomic mass is 16.2. The van der Waals surface area contributed by atoms with Crippen molar-refractivity contribution in [1.29, 1.82) is 0 Å². The molecule has 1 aliphatic heterocycles. The minimum atomic E-state index is -0.432. The fraction of sp³-hybridized carbons (Fsp3) is 0.400. The summed E-state index contributed by atoms with van der Waals surface area (Å²) in [6.45, 7) is 3.10. The highest BCUT2D eigenvalue weighted by Crippen LogP contribution is 2.15. The number of benzene rings is 2. The van der Waals surface area contributed by atoms with E-state index in [1.54, 1.807) is 4.90 Å². The molecule has 0 aliphatic carbocycles. The Morgan fingerprint density at radius 2 is 1.47 bits per heavy atom. The van der Waals surface area contributed by atoms with Crippen LogP contribution in [0.3, 0.4) is 0 Å². The maximum Gasteiger partial charge on any atom is 0.241 e.